The first-order valence-corrected chi connectivity index (χ1v) is 5.71. The van der Waals surface area contributed by atoms with E-state index in [1.165, 1.54) is 25.7 Å². The number of hydrogen-bond donors (Lipinski definition) is 0. The molecule has 1 atom stereocenters. The highest BCUT2D eigenvalue weighted by Gasteiger charge is 2.41. The average molecular weight is 189 g/mol. The van der Waals surface area contributed by atoms with Gasteiger partial charge in [-0.3, -0.25) is 0 Å². The van der Waals surface area contributed by atoms with Gasteiger partial charge in [-0.25, -0.2) is 0 Å². The molecule has 0 spiro atoms. The lowest BCUT2D eigenvalue weighted by molar-refractivity contribution is 0.0632. The third-order valence-corrected chi connectivity index (χ3v) is 3.89. The van der Waals surface area contributed by atoms with Crippen LogP contribution in [0.25, 0.3) is 0 Å². The van der Waals surface area contributed by atoms with E-state index in [2.05, 4.69) is 20.8 Å². The van der Waals surface area contributed by atoms with Gasteiger partial charge in [0, 0.05) is 5.88 Å². The van der Waals surface area contributed by atoms with E-state index in [1.54, 1.807) is 0 Å². The average Bonchev–Trinajstić information content (AvgIpc) is 2.01. The van der Waals surface area contributed by atoms with E-state index in [4.69, 9.17) is 11.6 Å². The zero-order valence-electron chi connectivity index (χ0n) is 8.57. The molecule has 0 aliphatic heterocycles. The largest absolute Gasteiger partial charge is 0.126 e. The number of alkyl halides is 1. The van der Waals surface area contributed by atoms with Crippen LogP contribution < -0.4 is 0 Å². The normalized spacial score (nSPS) is 37.5. The molecule has 0 aromatic heterocycles. The van der Waals surface area contributed by atoms with E-state index in [1.807, 2.05) is 0 Å². The fourth-order valence-electron chi connectivity index (χ4n) is 2.63. The summed E-state index contributed by atoms with van der Waals surface area (Å²) >= 11 is 6.03. The van der Waals surface area contributed by atoms with Crippen molar-refractivity contribution in [3.05, 3.63) is 0 Å². The summed E-state index contributed by atoms with van der Waals surface area (Å²) in [4.78, 5) is 0. The van der Waals surface area contributed by atoms with E-state index in [9.17, 15) is 0 Å². The van der Waals surface area contributed by atoms with Gasteiger partial charge in [-0.1, -0.05) is 27.2 Å². The van der Waals surface area contributed by atoms with Gasteiger partial charge in [0.15, 0.2) is 0 Å². The summed E-state index contributed by atoms with van der Waals surface area (Å²) in [6.07, 6.45) is 5.37. The highest BCUT2D eigenvalue weighted by atomic mass is 35.5. The minimum absolute atomic E-state index is 0.524. The van der Waals surface area contributed by atoms with Crippen LogP contribution in [0.1, 0.15) is 46.5 Å². The molecule has 1 heteroatoms. The Labute approximate surface area is 81.7 Å². The fourth-order valence-corrected chi connectivity index (χ4v) is 2.96. The molecule has 12 heavy (non-hydrogen) atoms. The molecular formula is C11H21Cl. The lowest BCUT2D eigenvalue weighted by atomic mass is 9.60. The third kappa shape index (κ3) is 2.16. The first-order chi connectivity index (χ1) is 5.62. The molecule has 0 N–H and O–H groups in total. The van der Waals surface area contributed by atoms with Gasteiger partial charge in [0.25, 0.3) is 0 Å². The van der Waals surface area contributed by atoms with Gasteiger partial charge in [0.1, 0.15) is 0 Å². The van der Waals surface area contributed by atoms with E-state index in [0.29, 0.717) is 5.41 Å². The van der Waals surface area contributed by atoms with Crippen molar-refractivity contribution < 1.29 is 0 Å². The van der Waals surface area contributed by atoms with Gasteiger partial charge < -0.3 is 0 Å². The summed E-state index contributed by atoms with van der Waals surface area (Å²) in [5, 5.41) is 0. The Kier molecular flexibility index (Phi) is 3.46. The van der Waals surface area contributed by atoms with Gasteiger partial charge in [0.2, 0.25) is 0 Å². The second-order valence-electron chi connectivity index (χ2n) is 4.86. The molecule has 0 radical (unpaired) electrons. The molecule has 0 heterocycles. The highest BCUT2D eigenvalue weighted by molar-refractivity contribution is 6.18. The van der Waals surface area contributed by atoms with E-state index >= 15 is 0 Å². The van der Waals surface area contributed by atoms with E-state index < -0.39 is 0 Å². The zero-order chi connectivity index (χ0) is 9.19. The second kappa shape index (κ2) is 4.00. The maximum atomic E-state index is 6.03. The van der Waals surface area contributed by atoms with Gasteiger partial charge in [-0.05, 0) is 36.5 Å². The van der Waals surface area contributed by atoms with E-state index in [-0.39, 0.29) is 0 Å². The van der Waals surface area contributed by atoms with Crippen LogP contribution in [-0.2, 0) is 0 Å². The molecule has 1 rings (SSSR count). The SMILES string of the molecule is CCC(C)CC1(CCl)CC(C)C1. The molecule has 1 aliphatic rings. The van der Waals surface area contributed by atoms with Crippen molar-refractivity contribution in [2.24, 2.45) is 17.3 Å². The molecule has 0 amide bonds. The second-order valence-corrected chi connectivity index (χ2v) is 5.13. The maximum Gasteiger partial charge on any atom is 0.0280 e. The Hall–Kier alpha value is 0.290. The summed E-state index contributed by atoms with van der Waals surface area (Å²) in [7, 11) is 0. The van der Waals surface area contributed by atoms with Crippen molar-refractivity contribution in [1.29, 1.82) is 0 Å². The minimum Gasteiger partial charge on any atom is -0.126 e. The molecule has 0 aromatic carbocycles. The van der Waals surface area contributed by atoms with Crippen LogP contribution in [0.3, 0.4) is 0 Å². The monoisotopic (exact) mass is 188 g/mol. The first-order valence-electron chi connectivity index (χ1n) is 5.18. The molecule has 1 fully saturated rings. The molecular weight excluding hydrogens is 168 g/mol. The summed E-state index contributed by atoms with van der Waals surface area (Å²) < 4.78 is 0. The topological polar surface area (TPSA) is 0 Å². The molecule has 1 aliphatic carbocycles. The molecule has 0 saturated heterocycles. The number of hydrogen-bond acceptors (Lipinski definition) is 0. The first kappa shape index (κ1) is 10.4. The van der Waals surface area contributed by atoms with Gasteiger partial charge in [-0.15, -0.1) is 11.6 Å². The Balaban J connectivity index is 2.36. The Morgan fingerprint density at radius 3 is 2.42 bits per heavy atom. The van der Waals surface area contributed by atoms with Crippen molar-refractivity contribution in [1.82, 2.24) is 0 Å². The van der Waals surface area contributed by atoms with Crippen molar-refractivity contribution in [3.8, 4) is 0 Å². The molecule has 0 aromatic rings. The third-order valence-electron chi connectivity index (χ3n) is 3.32. The van der Waals surface area contributed by atoms with Crippen LogP contribution in [0.5, 0.6) is 0 Å². The highest BCUT2D eigenvalue weighted by Crippen LogP contribution is 2.50. The van der Waals surface area contributed by atoms with Crippen LogP contribution in [0, 0.1) is 17.3 Å². The van der Waals surface area contributed by atoms with Crippen molar-refractivity contribution in [2.75, 3.05) is 5.88 Å². The molecule has 1 saturated carbocycles. The van der Waals surface area contributed by atoms with Crippen LogP contribution >= 0.6 is 11.6 Å². The smallest absolute Gasteiger partial charge is 0.0280 e. The van der Waals surface area contributed by atoms with Gasteiger partial charge in [-0.2, -0.15) is 0 Å². The van der Waals surface area contributed by atoms with Gasteiger partial charge >= 0.3 is 0 Å². The summed E-state index contributed by atoms with van der Waals surface area (Å²) in [6, 6.07) is 0. The standard InChI is InChI=1S/C11H21Cl/c1-4-9(2)5-11(8-12)6-10(3)7-11/h9-10H,4-8H2,1-3H3. The lowest BCUT2D eigenvalue weighted by Crippen LogP contribution is -2.38. The summed E-state index contributed by atoms with van der Waals surface area (Å²) in [5.41, 5.74) is 0.524. The molecule has 0 bridgehead atoms. The Morgan fingerprint density at radius 2 is 2.08 bits per heavy atom. The number of halogens is 1. The minimum atomic E-state index is 0.524. The van der Waals surface area contributed by atoms with E-state index in [0.717, 1.165) is 17.7 Å². The predicted molar refractivity (Wildman–Crippen MR) is 55.6 cm³/mol. The van der Waals surface area contributed by atoms with Crippen molar-refractivity contribution in [3.63, 3.8) is 0 Å². The molecule has 1 unspecified atom stereocenters. The van der Waals surface area contributed by atoms with Crippen molar-refractivity contribution in [2.45, 2.75) is 46.5 Å². The lowest BCUT2D eigenvalue weighted by Gasteiger charge is -2.47. The van der Waals surface area contributed by atoms with Crippen LogP contribution in [0.4, 0.5) is 0 Å². The maximum absolute atomic E-state index is 6.03. The quantitative estimate of drug-likeness (QED) is 0.584. The van der Waals surface area contributed by atoms with Crippen molar-refractivity contribution >= 4 is 11.6 Å². The zero-order valence-corrected chi connectivity index (χ0v) is 9.32. The van der Waals surface area contributed by atoms with Crippen LogP contribution in [0.2, 0.25) is 0 Å². The Morgan fingerprint density at radius 1 is 1.50 bits per heavy atom. The summed E-state index contributed by atoms with van der Waals surface area (Å²) in [5.74, 6) is 2.66. The predicted octanol–water partition coefficient (Wildman–Crippen LogP) is 4.08. The molecule has 0 nitrogen and oxygen atoms in total. The number of rotatable bonds is 4. The molecule has 72 valence electrons. The summed E-state index contributed by atoms with van der Waals surface area (Å²) in [6.45, 7) is 6.95. The van der Waals surface area contributed by atoms with Crippen LogP contribution in [-0.4, -0.2) is 5.88 Å². The van der Waals surface area contributed by atoms with Gasteiger partial charge in [0.05, 0.1) is 0 Å². The fraction of sp³-hybridized carbons (Fsp3) is 1.00. The van der Waals surface area contributed by atoms with Crippen LogP contribution in [0.15, 0.2) is 0 Å². The Bertz CT molecular complexity index is 136.